The van der Waals surface area contributed by atoms with E-state index in [1.807, 2.05) is 19.1 Å². The number of fused-ring (bicyclic) bond motifs is 1. The van der Waals surface area contributed by atoms with Crippen LogP contribution in [0.25, 0.3) is 0 Å². The van der Waals surface area contributed by atoms with E-state index >= 15 is 0 Å². The lowest BCUT2D eigenvalue weighted by molar-refractivity contribution is -0.126. The summed E-state index contributed by atoms with van der Waals surface area (Å²) in [5, 5.41) is 11.4. The highest BCUT2D eigenvalue weighted by Crippen LogP contribution is 2.33. The molecule has 3 aromatic rings. The summed E-state index contributed by atoms with van der Waals surface area (Å²) < 4.78 is 34.7. The Labute approximate surface area is 215 Å². The van der Waals surface area contributed by atoms with Gasteiger partial charge in [0.2, 0.25) is 15.9 Å². The number of carbonyl (C=O) groups is 2. The van der Waals surface area contributed by atoms with Gasteiger partial charge in [-0.3, -0.25) is 4.79 Å². The van der Waals surface area contributed by atoms with Crippen molar-refractivity contribution in [3.05, 3.63) is 76.6 Å². The van der Waals surface area contributed by atoms with Crippen LogP contribution in [0.15, 0.2) is 53.6 Å². The van der Waals surface area contributed by atoms with Crippen molar-refractivity contribution in [1.82, 2.24) is 24.6 Å². The number of hydrogen-bond donors (Lipinski definition) is 1. The first kappa shape index (κ1) is 25.1. The predicted molar refractivity (Wildman–Crippen MR) is 134 cm³/mol. The summed E-state index contributed by atoms with van der Waals surface area (Å²) >= 11 is 0. The van der Waals surface area contributed by atoms with Gasteiger partial charge in [0.25, 0.3) is 0 Å². The zero-order chi connectivity index (χ0) is 26.2. The molecule has 1 amide bonds. The number of amides is 1. The van der Waals surface area contributed by atoms with E-state index in [4.69, 9.17) is 4.74 Å². The predicted octanol–water partition coefficient (Wildman–Crippen LogP) is 2.03. The van der Waals surface area contributed by atoms with Crippen LogP contribution in [-0.4, -0.2) is 65.8 Å². The Morgan fingerprint density at radius 3 is 2.73 bits per heavy atom. The molecule has 0 bridgehead atoms. The fraction of sp³-hybridized carbons (Fsp3) is 0.385. The lowest BCUT2D eigenvalue weighted by atomic mass is 9.86. The number of hydrogen-bond acceptors (Lipinski definition) is 7. The third-order valence-electron chi connectivity index (χ3n) is 7.04. The van der Waals surface area contributed by atoms with Crippen LogP contribution >= 0.6 is 0 Å². The first-order valence-corrected chi connectivity index (χ1v) is 13.7. The molecule has 1 aliphatic heterocycles. The zero-order valence-corrected chi connectivity index (χ0v) is 21.6. The van der Waals surface area contributed by atoms with Gasteiger partial charge in [-0.25, -0.2) is 17.9 Å². The van der Waals surface area contributed by atoms with Crippen molar-refractivity contribution in [3.8, 4) is 0 Å². The van der Waals surface area contributed by atoms with Gasteiger partial charge in [-0.15, -0.1) is 5.10 Å². The molecule has 0 saturated carbocycles. The van der Waals surface area contributed by atoms with Crippen LogP contribution in [0.2, 0.25) is 0 Å². The van der Waals surface area contributed by atoms with E-state index in [1.54, 1.807) is 41.2 Å². The van der Waals surface area contributed by atoms with Gasteiger partial charge in [-0.1, -0.05) is 29.0 Å². The highest BCUT2D eigenvalue weighted by Gasteiger charge is 2.39. The number of sulfonamides is 1. The maximum Gasteiger partial charge on any atom is 0.337 e. The van der Waals surface area contributed by atoms with Crippen molar-refractivity contribution < 1.29 is 22.7 Å². The molecule has 37 heavy (non-hydrogen) atoms. The van der Waals surface area contributed by atoms with E-state index < -0.39 is 16.1 Å². The summed E-state index contributed by atoms with van der Waals surface area (Å²) in [4.78, 5) is 24.9. The number of aryl methyl sites for hydroxylation is 2. The molecular formula is C26H29N5O5S. The van der Waals surface area contributed by atoms with Crippen LogP contribution in [0.1, 0.15) is 51.6 Å². The zero-order valence-electron chi connectivity index (χ0n) is 20.8. The van der Waals surface area contributed by atoms with Crippen LogP contribution in [0.3, 0.4) is 0 Å². The quantitative estimate of drug-likeness (QED) is 0.491. The second-order valence-corrected chi connectivity index (χ2v) is 11.3. The van der Waals surface area contributed by atoms with Gasteiger partial charge >= 0.3 is 5.97 Å². The van der Waals surface area contributed by atoms with Crippen LogP contribution in [0.4, 0.5) is 0 Å². The topological polar surface area (TPSA) is 123 Å². The number of piperazine rings is 1. The fourth-order valence-electron chi connectivity index (χ4n) is 5.09. The molecule has 194 valence electrons. The molecule has 2 aliphatic rings. The summed E-state index contributed by atoms with van der Waals surface area (Å²) in [5.41, 5.74) is 4.13. The average Bonchev–Trinajstić information content (AvgIpc) is 3.37. The smallest absolute Gasteiger partial charge is 0.337 e. The number of rotatable bonds is 6. The Kier molecular flexibility index (Phi) is 6.82. The number of esters is 1. The fourth-order valence-corrected chi connectivity index (χ4v) is 6.67. The Morgan fingerprint density at radius 1 is 1.19 bits per heavy atom. The largest absolute Gasteiger partial charge is 0.465 e. The van der Waals surface area contributed by atoms with E-state index in [0.717, 1.165) is 36.0 Å². The number of nitrogens with zero attached hydrogens (tertiary/aromatic N) is 4. The maximum absolute atomic E-state index is 13.4. The highest BCUT2D eigenvalue weighted by atomic mass is 32.2. The molecule has 11 heteroatoms. The number of methoxy groups -OCH3 is 1. The lowest BCUT2D eigenvalue weighted by Gasteiger charge is -2.33. The Morgan fingerprint density at radius 2 is 1.97 bits per heavy atom. The van der Waals surface area contributed by atoms with Crippen molar-refractivity contribution in [1.29, 1.82) is 0 Å². The highest BCUT2D eigenvalue weighted by molar-refractivity contribution is 7.89. The molecular weight excluding hydrogens is 494 g/mol. The number of benzene rings is 2. The molecule has 0 spiro atoms. The summed E-state index contributed by atoms with van der Waals surface area (Å²) in [5.74, 6) is -0.723. The second-order valence-electron chi connectivity index (χ2n) is 9.44. The average molecular weight is 524 g/mol. The van der Waals surface area contributed by atoms with Crippen LogP contribution in [0, 0.1) is 6.92 Å². The first-order valence-electron chi connectivity index (χ1n) is 12.3. The van der Waals surface area contributed by atoms with Gasteiger partial charge in [-0.2, -0.15) is 4.31 Å². The molecule has 10 nitrogen and oxygen atoms in total. The lowest BCUT2D eigenvalue weighted by Crippen LogP contribution is -2.57. The molecule has 1 aromatic heterocycles. The number of carbonyl (C=O) groups excluding carboxylic acids is 2. The van der Waals surface area contributed by atoms with Crippen LogP contribution < -0.4 is 5.32 Å². The van der Waals surface area contributed by atoms with Crippen molar-refractivity contribution >= 4 is 21.9 Å². The van der Waals surface area contributed by atoms with Crippen molar-refractivity contribution in [3.63, 3.8) is 0 Å². The Hall–Kier alpha value is -3.57. The van der Waals surface area contributed by atoms with Gasteiger partial charge in [0.1, 0.15) is 6.04 Å². The van der Waals surface area contributed by atoms with Crippen LogP contribution in [-0.2, 0) is 32.4 Å². The van der Waals surface area contributed by atoms with E-state index in [0.29, 0.717) is 11.3 Å². The van der Waals surface area contributed by atoms with Gasteiger partial charge in [0.15, 0.2) is 0 Å². The summed E-state index contributed by atoms with van der Waals surface area (Å²) in [7, 11) is -2.51. The normalized spacial score (nSPS) is 20.2. The molecule has 1 aliphatic carbocycles. The summed E-state index contributed by atoms with van der Waals surface area (Å²) in [6.45, 7) is 2.32. The number of aromatic nitrogens is 3. The Bertz CT molecular complexity index is 1430. The van der Waals surface area contributed by atoms with E-state index in [2.05, 4.69) is 15.6 Å². The van der Waals surface area contributed by atoms with E-state index in [-0.39, 0.29) is 42.3 Å². The molecule has 1 saturated heterocycles. The standard InChI is InChI=1S/C26H29N5O5S/c1-17-6-9-21(10-7-17)37(34,35)31-13-12-27-25(32)24(31)15-20-16-30(29-28-20)23-5-3-4-18-14-19(26(33)36-2)8-11-22(18)23/h6-11,14,16,23-24H,3-5,12-13,15H2,1-2H3,(H,27,32)/t23-,24-/m1/s1. The minimum atomic E-state index is -3.87. The van der Waals surface area contributed by atoms with Crippen molar-refractivity contribution in [2.45, 2.75) is 49.6 Å². The summed E-state index contributed by atoms with van der Waals surface area (Å²) in [6.07, 6.45) is 4.52. The van der Waals surface area contributed by atoms with Gasteiger partial charge < -0.3 is 10.1 Å². The Balaban J connectivity index is 1.39. The molecule has 0 radical (unpaired) electrons. The van der Waals surface area contributed by atoms with Crippen molar-refractivity contribution in [2.24, 2.45) is 0 Å². The minimum Gasteiger partial charge on any atom is -0.465 e. The molecule has 2 atom stereocenters. The maximum atomic E-state index is 13.4. The van der Waals surface area contributed by atoms with E-state index in [1.165, 1.54) is 11.4 Å². The van der Waals surface area contributed by atoms with Gasteiger partial charge in [-0.05, 0) is 61.6 Å². The minimum absolute atomic E-state index is 0.0655. The monoisotopic (exact) mass is 523 g/mol. The summed E-state index contributed by atoms with van der Waals surface area (Å²) in [6, 6.07) is 11.2. The molecule has 2 heterocycles. The van der Waals surface area contributed by atoms with Gasteiger partial charge in [0.05, 0.1) is 29.3 Å². The van der Waals surface area contributed by atoms with Crippen molar-refractivity contribution in [2.75, 3.05) is 20.2 Å². The van der Waals surface area contributed by atoms with Crippen LogP contribution in [0.5, 0.6) is 0 Å². The van der Waals surface area contributed by atoms with Gasteiger partial charge in [0, 0.05) is 25.7 Å². The molecule has 0 unspecified atom stereocenters. The van der Waals surface area contributed by atoms with E-state index in [9.17, 15) is 18.0 Å². The second kappa shape index (κ2) is 10.1. The molecule has 1 fully saturated rings. The SMILES string of the molecule is COC(=O)c1ccc2c(c1)CCC[C@H]2n1cc(C[C@@H]2C(=O)NCCN2S(=O)(=O)c2ccc(C)cc2)nn1. The number of nitrogens with one attached hydrogen (secondary N) is 1. The number of ether oxygens (including phenoxy) is 1. The molecule has 5 rings (SSSR count). The molecule has 2 aromatic carbocycles. The third-order valence-corrected chi connectivity index (χ3v) is 8.96. The first-order chi connectivity index (χ1) is 17.8. The molecule has 1 N–H and O–H groups in total. The third kappa shape index (κ3) is 4.88.